The van der Waals surface area contributed by atoms with Gasteiger partial charge in [-0.3, -0.25) is 0 Å². The van der Waals surface area contributed by atoms with Gasteiger partial charge in [-0.1, -0.05) is 56.3 Å². The van der Waals surface area contributed by atoms with Crippen molar-refractivity contribution in [3.63, 3.8) is 0 Å². The summed E-state index contributed by atoms with van der Waals surface area (Å²) in [5.41, 5.74) is 2.12. The van der Waals surface area contributed by atoms with Gasteiger partial charge in [0, 0.05) is 26.2 Å². The summed E-state index contributed by atoms with van der Waals surface area (Å²) in [7, 11) is -3.41. The van der Waals surface area contributed by atoms with E-state index in [-0.39, 0.29) is 0 Å². The second-order valence-corrected chi connectivity index (χ2v) is 8.10. The van der Waals surface area contributed by atoms with E-state index < -0.39 is 10.0 Å². The topological polar surface area (TPSA) is 61.4 Å². The van der Waals surface area contributed by atoms with Crippen molar-refractivity contribution in [2.24, 2.45) is 0 Å². The van der Waals surface area contributed by atoms with Crippen molar-refractivity contribution in [3.8, 4) is 0 Å². The molecule has 0 atom stereocenters. The van der Waals surface area contributed by atoms with E-state index in [2.05, 4.69) is 10.6 Å². The zero-order chi connectivity index (χ0) is 19.0. The van der Waals surface area contributed by atoms with Gasteiger partial charge in [-0.15, -0.1) is 0 Å². The summed E-state index contributed by atoms with van der Waals surface area (Å²) in [5, 5.41) is 6.85. The van der Waals surface area contributed by atoms with Crippen LogP contribution in [0.1, 0.15) is 25.0 Å². The zero-order valence-electron chi connectivity index (χ0n) is 15.1. The van der Waals surface area contributed by atoms with Gasteiger partial charge in [0.15, 0.2) is 5.11 Å². The van der Waals surface area contributed by atoms with Crippen LogP contribution in [0.2, 0.25) is 0 Å². The van der Waals surface area contributed by atoms with Gasteiger partial charge in [-0.05, 0) is 35.5 Å². The van der Waals surface area contributed by atoms with Gasteiger partial charge in [0.2, 0.25) is 10.0 Å². The molecule has 0 saturated carbocycles. The normalized spacial score (nSPS) is 11.3. The lowest BCUT2D eigenvalue weighted by Gasteiger charge is -2.18. The Kier molecular flexibility index (Phi) is 7.56. The van der Waals surface area contributed by atoms with Crippen LogP contribution in [0.4, 0.5) is 0 Å². The molecule has 0 unspecified atom stereocenters. The van der Waals surface area contributed by atoms with Crippen LogP contribution in [0.3, 0.4) is 0 Å². The molecule has 5 nitrogen and oxygen atoms in total. The van der Waals surface area contributed by atoms with Crippen molar-refractivity contribution in [1.82, 2.24) is 14.9 Å². The van der Waals surface area contributed by atoms with E-state index in [4.69, 9.17) is 12.2 Å². The molecular weight excluding hydrogens is 366 g/mol. The van der Waals surface area contributed by atoms with Gasteiger partial charge >= 0.3 is 0 Å². The predicted octanol–water partition coefficient (Wildman–Crippen LogP) is 2.88. The second-order valence-electron chi connectivity index (χ2n) is 5.76. The van der Waals surface area contributed by atoms with Crippen LogP contribution in [0.5, 0.6) is 0 Å². The predicted molar refractivity (Wildman–Crippen MR) is 109 cm³/mol. The minimum absolute atomic E-state index is 0.315. The molecule has 0 heterocycles. The summed E-state index contributed by atoms with van der Waals surface area (Å²) in [6, 6.07) is 16.9. The van der Waals surface area contributed by atoms with Gasteiger partial charge in [0.05, 0.1) is 4.90 Å². The number of hydrogen-bond acceptors (Lipinski definition) is 3. The van der Waals surface area contributed by atoms with Gasteiger partial charge in [0.1, 0.15) is 0 Å². The van der Waals surface area contributed by atoms with Crippen molar-refractivity contribution in [1.29, 1.82) is 0 Å². The van der Waals surface area contributed by atoms with Crippen molar-refractivity contribution >= 4 is 27.4 Å². The van der Waals surface area contributed by atoms with Crippen LogP contribution in [-0.4, -0.2) is 30.9 Å². The standard InChI is InChI=1S/C19H25N3O2S2/c1-3-22(4-2)26(23,24)18-12-10-17(11-13-18)15-21-19(25)20-14-16-8-6-5-7-9-16/h5-13H,3-4,14-15H2,1-2H3,(H2,20,21,25). The van der Waals surface area contributed by atoms with E-state index in [0.29, 0.717) is 36.2 Å². The number of hydrogen-bond donors (Lipinski definition) is 2. The molecular formula is C19H25N3O2S2. The zero-order valence-corrected chi connectivity index (χ0v) is 16.7. The summed E-state index contributed by atoms with van der Waals surface area (Å²) in [4.78, 5) is 0.315. The van der Waals surface area contributed by atoms with E-state index in [1.165, 1.54) is 4.31 Å². The summed E-state index contributed by atoms with van der Waals surface area (Å²) in [6.07, 6.45) is 0. The first-order valence-electron chi connectivity index (χ1n) is 8.62. The molecule has 0 aliphatic carbocycles. The number of nitrogens with zero attached hydrogens (tertiary/aromatic N) is 1. The van der Waals surface area contributed by atoms with Crippen LogP contribution in [0, 0.1) is 0 Å². The molecule has 26 heavy (non-hydrogen) atoms. The summed E-state index contributed by atoms with van der Waals surface area (Å²) < 4.78 is 26.4. The lowest BCUT2D eigenvalue weighted by molar-refractivity contribution is 0.445. The lowest BCUT2D eigenvalue weighted by Crippen LogP contribution is -2.34. The van der Waals surface area contributed by atoms with Crippen molar-refractivity contribution in [3.05, 3.63) is 65.7 Å². The van der Waals surface area contributed by atoms with Gasteiger partial charge in [0.25, 0.3) is 0 Å². The Balaban J connectivity index is 1.88. The fourth-order valence-electron chi connectivity index (χ4n) is 2.51. The van der Waals surface area contributed by atoms with E-state index in [0.717, 1.165) is 11.1 Å². The molecule has 0 aromatic heterocycles. The number of rotatable bonds is 8. The van der Waals surface area contributed by atoms with Crippen LogP contribution < -0.4 is 10.6 Å². The minimum atomic E-state index is -3.41. The summed E-state index contributed by atoms with van der Waals surface area (Å²) >= 11 is 5.28. The fourth-order valence-corrected chi connectivity index (χ4v) is 4.12. The molecule has 0 spiro atoms. The van der Waals surface area contributed by atoms with E-state index in [9.17, 15) is 8.42 Å². The Morgan fingerprint density at radius 3 is 1.88 bits per heavy atom. The van der Waals surface area contributed by atoms with Gasteiger partial charge in [-0.25, -0.2) is 8.42 Å². The lowest BCUT2D eigenvalue weighted by atomic mass is 10.2. The van der Waals surface area contributed by atoms with Crippen molar-refractivity contribution in [2.75, 3.05) is 13.1 Å². The maximum absolute atomic E-state index is 12.5. The summed E-state index contributed by atoms with van der Waals surface area (Å²) in [6.45, 7) is 5.79. The maximum Gasteiger partial charge on any atom is 0.243 e. The average molecular weight is 392 g/mol. The third kappa shape index (κ3) is 5.52. The summed E-state index contributed by atoms with van der Waals surface area (Å²) in [5.74, 6) is 0. The van der Waals surface area contributed by atoms with Crippen LogP contribution in [0.15, 0.2) is 59.5 Å². The number of thiocarbonyl (C=S) groups is 1. The number of nitrogens with one attached hydrogen (secondary N) is 2. The third-order valence-corrected chi connectivity index (χ3v) is 6.37. The Hall–Kier alpha value is -1.96. The molecule has 0 amide bonds. The van der Waals surface area contributed by atoms with Crippen LogP contribution in [-0.2, 0) is 23.1 Å². The molecule has 2 rings (SSSR count). The number of sulfonamides is 1. The molecule has 2 aromatic rings. The smallest absolute Gasteiger partial charge is 0.243 e. The molecule has 0 aliphatic rings. The molecule has 140 valence electrons. The molecule has 0 aliphatic heterocycles. The molecule has 0 fully saturated rings. The molecule has 2 N–H and O–H groups in total. The second kappa shape index (κ2) is 9.66. The highest BCUT2D eigenvalue weighted by Crippen LogP contribution is 2.16. The van der Waals surface area contributed by atoms with E-state index in [1.54, 1.807) is 12.1 Å². The first kappa shape index (κ1) is 20.4. The maximum atomic E-state index is 12.5. The molecule has 7 heteroatoms. The first-order valence-corrected chi connectivity index (χ1v) is 10.5. The van der Waals surface area contributed by atoms with Gasteiger partial charge < -0.3 is 10.6 Å². The van der Waals surface area contributed by atoms with Crippen LogP contribution >= 0.6 is 12.2 Å². The Labute approximate surface area is 161 Å². The highest BCUT2D eigenvalue weighted by Gasteiger charge is 2.21. The Morgan fingerprint density at radius 2 is 1.38 bits per heavy atom. The quantitative estimate of drug-likeness (QED) is 0.678. The molecule has 0 saturated heterocycles. The highest BCUT2D eigenvalue weighted by atomic mass is 32.2. The minimum Gasteiger partial charge on any atom is -0.359 e. The first-order chi connectivity index (χ1) is 12.5. The van der Waals surface area contributed by atoms with Gasteiger partial charge in [-0.2, -0.15) is 4.31 Å². The Bertz CT molecular complexity index is 802. The molecule has 0 bridgehead atoms. The molecule has 2 aromatic carbocycles. The van der Waals surface area contributed by atoms with E-state index >= 15 is 0 Å². The molecule has 0 radical (unpaired) electrons. The Morgan fingerprint density at radius 1 is 0.885 bits per heavy atom. The fraction of sp³-hybridized carbons (Fsp3) is 0.316. The third-order valence-electron chi connectivity index (χ3n) is 4.02. The van der Waals surface area contributed by atoms with Crippen LogP contribution in [0.25, 0.3) is 0 Å². The number of benzene rings is 2. The highest BCUT2D eigenvalue weighted by molar-refractivity contribution is 7.89. The van der Waals surface area contributed by atoms with E-state index in [1.807, 2.05) is 56.3 Å². The monoisotopic (exact) mass is 391 g/mol. The largest absolute Gasteiger partial charge is 0.359 e. The van der Waals surface area contributed by atoms with Crippen molar-refractivity contribution in [2.45, 2.75) is 31.8 Å². The average Bonchev–Trinajstić information content (AvgIpc) is 2.66. The van der Waals surface area contributed by atoms with Crippen molar-refractivity contribution < 1.29 is 8.42 Å². The SMILES string of the molecule is CCN(CC)S(=O)(=O)c1ccc(CNC(=S)NCc2ccccc2)cc1.